The summed E-state index contributed by atoms with van der Waals surface area (Å²) in [6.07, 6.45) is 2.41. The number of carbonyl (C=O) groups is 1. The summed E-state index contributed by atoms with van der Waals surface area (Å²) in [7, 11) is -3.25. The van der Waals surface area contributed by atoms with Crippen LogP contribution in [0.3, 0.4) is 0 Å². The van der Waals surface area contributed by atoms with Gasteiger partial charge in [-0.25, -0.2) is 13.4 Å². The molecule has 0 aromatic carbocycles. The Morgan fingerprint density at radius 3 is 2.62 bits per heavy atom. The summed E-state index contributed by atoms with van der Waals surface area (Å²) in [5.74, 6) is 0.163. The normalized spacial score (nSPS) is 23.7. The predicted molar refractivity (Wildman–Crippen MR) is 77.2 cm³/mol. The van der Waals surface area contributed by atoms with E-state index in [1.165, 1.54) is 17.0 Å². The van der Waals surface area contributed by atoms with Crippen molar-refractivity contribution in [1.82, 2.24) is 14.6 Å². The standard InChI is InChI=1S/C13H21N3O4S/c1-8(2)10-5-16(21(4,18)19)6-11(10)15-13(17)12-9(3)14-7-20-12/h7-8,10-11H,5-6H2,1-4H3,(H,15,17). The van der Waals surface area contributed by atoms with Crippen molar-refractivity contribution < 1.29 is 17.6 Å². The second-order valence-corrected chi connectivity index (χ2v) is 7.82. The molecule has 1 N–H and O–H groups in total. The van der Waals surface area contributed by atoms with Gasteiger partial charge in [0.2, 0.25) is 15.8 Å². The fourth-order valence-electron chi connectivity index (χ4n) is 2.64. The minimum atomic E-state index is -3.25. The number of nitrogens with zero attached hydrogens (tertiary/aromatic N) is 2. The van der Waals surface area contributed by atoms with Gasteiger partial charge in [0.1, 0.15) is 0 Å². The van der Waals surface area contributed by atoms with Crippen LogP contribution >= 0.6 is 0 Å². The van der Waals surface area contributed by atoms with Gasteiger partial charge in [0.25, 0.3) is 5.91 Å². The molecule has 1 fully saturated rings. The lowest BCUT2D eigenvalue weighted by Gasteiger charge is -2.22. The van der Waals surface area contributed by atoms with Crippen molar-refractivity contribution in [2.24, 2.45) is 11.8 Å². The van der Waals surface area contributed by atoms with E-state index in [-0.39, 0.29) is 29.5 Å². The van der Waals surface area contributed by atoms with Crippen molar-refractivity contribution in [1.29, 1.82) is 0 Å². The maximum absolute atomic E-state index is 12.2. The van der Waals surface area contributed by atoms with E-state index in [1.54, 1.807) is 6.92 Å². The number of hydrogen-bond acceptors (Lipinski definition) is 5. The smallest absolute Gasteiger partial charge is 0.289 e. The molecule has 2 heterocycles. The summed E-state index contributed by atoms with van der Waals surface area (Å²) in [6.45, 7) is 6.46. The molecule has 2 rings (SSSR count). The van der Waals surface area contributed by atoms with Crippen LogP contribution in [0.2, 0.25) is 0 Å². The van der Waals surface area contributed by atoms with Crippen LogP contribution in [0, 0.1) is 18.8 Å². The van der Waals surface area contributed by atoms with Crippen molar-refractivity contribution in [3.8, 4) is 0 Å². The first kappa shape index (κ1) is 16.0. The number of carbonyl (C=O) groups excluding carboxylic acids is 1. The molecule has 21 heavy (non-hydrogen) atoms. The van der Waals surface area contributed by atoms with E-state index in [0.717, 1.165) is 0 Å². The van der Waals surface area contributed by atoms with E-state index in [9.17, 15) is 13.2 Å². The molecule has 8 heteroatoms. The highest BCUT2D eigenvalue weighted by molar-refractivity contribution is 7.88. The SMILES string of the molecule is Cc1ncoc1C(=O)NC1CN(S(C)(=O)=O)CC1C(C)C. The molecule has 1 aliphatic rings. The Labute approximate surface area is 124 Å². The van der Waals surface area contributed by atoms with Gasteiger partial charge in [0.05, 0.1) is 11.9 Å². The molecule has 0 aliphatic carbocycles. The molecular weight excluding hydrogens is 294 g/mol. The summed E-state index contributed by atoms with van der Waals surface area (Å²) < 4.78 is 29.9. The topological polar surface area (TPSA) is 92.5 Å². The van der Waals surface area contributed by atoms with Gasteiger partial charge in [-0.2, -0.15) is 4.31 Å². The largest absolute Gasteiger partial charge is 0.438 e. The summed E-state index contributed by atoms with van der Waals surface area (Å²) in [5, 5.41) is 2.88. The summed E-state index contributed by atoms with van der Waals surface area (Å²) >= 11 is 0. The maximum Gasteiger partial charge on any atom is 0.289 e. The third-order valence-electron chi connectivity index (χ3n) is 3.93. The molecule has 1 amide bonds. The van der Waals surface area contributed by atoms with Gasteiger partial charge >= 0.3 is 0 Å². The van der Waals surface area contributed by atoms with Crippen LogP contribution in [0.15, 0.2) is 10.8 Å². The molecule has 118 valence electrons. The van der Waals surface area contributed by atoms with Gasteiger partial charge in [0, 0.05) is 19.1 Å². The van der Waals surface area contributed by atoms with Crippen molar-refractivity contribution in [2.45, 2.75) is 26.8 Å². The van der Waals surface area contributed by atoms with Crippen LogP contribution in [0.5, 0.6) is 0 Å². The Kier molecular flexibility index (Phi) is 4.38. The minimum absolute atomic E-state index is 0.0758. The maximum atomic E-state index is 12.2. The Morgan fingerprint density at radius 2 is 2.14 bits per heavy atom. The molecule has 0 bridgehead atoms. The molecule has 1 saturated heterocycles. The third-order valence-corrected chi connectivity index (χ3v) is 5.16. The Morgan fingerprint density at radius 1 is 1.48 bits per heavy atom. The minimum Gasteiger partial charge on any atom is -0.438 e. The number of aromatic nitrogens is 1. The summed E-state index contributed by atoms with van der Waals surface area (Å²) in [4.78, 5) is 16.1. The van der Waals surface area contributed by atoms with E-state index < -0.39 is 10.0 Å². The van der Waals surface area contributed by atoms with E-state index in [1.807, 2.05) is 13.8 Å². The van der Waals surface area contributed by atoms with Crippen LogP contribution < -0.4 is 5.32 Å². The molecule has 1 aromatic heterocycles. The summed E-state index contributed by atoms with van der Waals surface area (Å²) in [6, 6.07) is -0.225. The zero-order valence-corrected chi connectivity index (χ0v) is 13.5. The molecule has 1 aromatic rings. The molecule has 1 aliphatic heterocycles. The van der Waals surface area contributed by atoms with Crippen LogP contribution in [-0.2, 0) is 10.0 Å². The molecule has 0 saturated carbocycles. The second kappa shape index (κ2) is 5.76. The van der Waals surface area contributed by atoms with Crippen molar-refractivity contribution >= 4 is 15.9 Å². The molecule has 7 nitrogen and oxygen atoms in total. The number of nitrogens with one attached hydrogen (secondary N) is 1. The average Bonchev–Trinajstić information content (AvgIpc) is 2.94. The van der Waals surface area contributed by atoms with Crippen molar-refractivity contribution in [2.75, 3.05) is 19.3 Å². The number of aryl methyl sites for hydroxylation is 1. The van der Waals surface area contributed by atoms with Crippen LogP contribution in [0.4, 0.5) is 0 Å². The van der Waals surface area contributed by atoms with E-state index in [2.05, 4.69) is 10.3 Å². The lowest BCUT2D eigenvalue weighted by Crippen LogP contribution is -2.42. The molecular formula is C13H21N3O4S. The van der Waals surface area contributed by atoms with Crippen LogP contribution in [-0.4, -0.2) is 49.0 Å². The Balaban J connectivity index is 2.14. The lowest BCUT2D eigenvalue weighted by molar-refractivity contribution is 0.0896. The molecule has 2 unspecified atom stereocenters. The first-order valence-electron chi connectivity index (χ1n) is 6.86. The number of oxazole rings is 1. The number of amides is 1. The first-order valence-corrected chi connectivity index (χ1v) is 8.71. The van der Waals surface area contributed by atoms with Gasteiger partial charge in [-0.15, -0.1) is 0 Å². The Bertz CT molecular complexity index is 623. The van der Waals surface area contributed by atoms with Gasteiger partial charge in [-0.05, 0) is 18.8 Å². The Hall–Kier alpha value is -1.41. The monoisotopic (exact) mass is 315 g/mol. The van der Waals surface area contributed by atoms with Gasteiger partial charge in [0.15, 0.2) is 6.39 Å². The zero-order chi connectivity index (χ0) is 15.8. The highest BCUT2D eigenvalue weighted by atomic mass is 32.2. The molecule has 0 radical (unpaired) electrons. The van der Waals surface area contributed by atoms with E-state index in [0.29, 0.717) is 18.8 Å². The molecule has 0 spiro atoms. The fraction of sp³-hybridized carbons (Fsp3) is 0.692. The summed E-state index contributed by atoms with van der Waals surface area (Å²) in [5.41, 5.74) is 0.520. The van der Waals surface area contributed by atoms with Crippen LogP contribution in [0.1, 0.15) is 30.1 Å². The van der Waals surface area contributed by atoms with E-state index in [4.69, 9.17) is 4.42 Å². The highest BCUT2D eigenvalue weighted by Gasteiger charge is 2.39. The third kappa shape index (κ3) is 3.44. The van der Waals surface area contributed by atoms with Gasteiger partial charge in [-0.1, -0.05) is 13.8 Å². The van der Waals surface area contributed by atoms with Gasteiger partial charge < -0.3 is 9.73 Å². The molecule has 2 atom stereocenters. The first-order chi connectivity index (χ1) is 9.70. The average molecular weight is 315 g/mol. The van der Waals surface area contributed by atoms with Gasteiger partial charge in [-0.3, -0.25) is 4.79 Å². The highest BCUT2D eigenvalue weighted by Crippen LogP contribution is 2.26. The lowest BCUT2D eigenvalue weighted by atomic mass is 9.91. The zero-order valence-electron chi connectivity index (χ0n) is 12.7. The van der Waals surface area contributed by atoms with Crippen molar-refractivity contribution in [3.63, 3.8) is 0 Å². The quantitative estimate of drug-likeness (QED) is 0.879. The fourth-order valence-corrected chi connectivity index (χ4v) is 3.52. The van der Waals surface area contributed by atoms with Crippen molar-refractivity contribution in [3.05, 3.63) is 17.8 Å². The van der Waals surface area contributed by atoms with Crippen LogP contribution in [0.25, 0.3) is 0 Å². The number of hydrogen-bond donors (Lipinski definition) is 1. The van der Waals surface area contributed by atoms with E-state index >= 15 is 0 Å². The second-order valence-electron chi connectivity index (χ2n) is 5.83. The predicted octanol–water partition coefficient (Wildman–Crippen LogP) is 0.629. The number of rotatable bonds is 4. The number of sulfonamides is 1.